The molecule has 0 bridgehead atoms. The van der Waals surface area contributed by atoms with Gasteiger partial charge in [-0.1, -0.05) is 13.8 Å². The second-order valence-electron chi connectivity index (χ2n) is 9.04. The van der Waals surface area contributed by atoms with Gasteiger partial charge in [0.1, 0.15) is 17.3 Å². The minimum absolute atomic E-state index is 0.0234. The molecule has 0 aliphatic carbocycles. The number of aromatic nitrogens is 6. The molecule has 13 heteroatoms. The van der Waals surface area contributed by atoms with Crippen LogP contribution in [0.25, 0.3) is 22.6 Å². The molecule has 0 saturated heterocycles. The fraction of sp³-hybridized carbons (Fsp3) is 0.400. The highest BCUT2D eigenvalue weighted by molar-refractivity contribution is 7.91. The number of pyridine rings is 1. The van der Waals surface area contributed by atoms with Crippen molar-refractivity contribution >= 4 is 27.2 Å². The highest BCUT2D eigenvalue weighted by Gasteiger charge is 2.26. The molecule has 202 valence electrons. The van der Waals surface area contributed by atoms with Gasteiger partial charge in [-0.05, 0) is 43.9 Å². The van der Waals surface area contributed by atoms with E-state index in [1.807, 2.05) is 26.0 Å². The number of aliphatic hydroxyl groups is 1. The van der Waals surface area contributed by atoms with Gasteiger partial charge < -0.3 is 15.7 Å². The number of anilines is 1. The molecule has 38 heavy (non-hydrogen) atoms. The Balaban J connectivity index is 1.74. The molecule has 0 saturated carbocycles. The topological polar surface area (TPSA) is 162 Å². The minimum Gasteiger partial charge on any atom is -0.387 e. The van der Waals surface area contributed by atoms with Crippen molar-refractivity contribution in [1.82, 2.24) is 34.3 Å². The number of amides is 1. The Labute approximate surface area is 221 Å². The lowest BCUT2D eigenvalue weighted by Gasteiger charge is -2.30. The quantitative estimate of drug-likeness (QED) is 0.289. The van der Waals surface area contributed by atoms with Gasteiger partial charge in [0.2, 0.25) is 5.91 Å². The molecule has 0 aromatic carbocycles. The Bertz CT molecular complexity index is 1520. The summed E-state index contributed by atoms with van der Waals surface area (Å²) in [7, 11) is -3.74. The van der Waals surface area contributed by atoms with E-state index in [0.29, 0.717) is 42.1 Å². The highest BCUT2D eigenvalue weighted by atomic mass is 32.2. The molecule has 0 unspecified atom stereocenters. The van der Waals surface area contributed by atoms with Crippen LogP contribution in [0.2, 0.25) is 0 Å². The Morgan fingerprint density at radius 3 is 2.58 bits per heavy atom. The zero-order valence-corrected chi connectivity index (χ0v) is 22.5. The average molecular weight is 541 g/mol. The summed E-state index contributed by atoms with van der Waals surface area (Å²) in [6, 6.07) is 5.29. The number of aliphatic hydroxyl groups excluding tert-OH is 1. The van der Waals surface area contributed by atoms with Gasteiger partial charge in [0, 0.05) is 48.6 Å². The van der Waals surface area contributed by atoms with E-state index in [1.54, 1.807) is 40.4 Å². The summed E-state index contributed by atoms with van der Waals surface area (Å²) in [6.07, 6.45) is 9.90. The van der Waals surface area contributed by atoms with Crippen molar-refractivity contribution in [2.75, 3.05) is 25.1 Å². The maximum absolute atomic E-state index is 12.8. The van der Waals surface area contributed by atoms with Crippen molar-refractivity contribution in [2.24, 2.45) is 0 Å². The molecular weight excluding hydrogens is 508 g/mol. The Morgan fingerprint density at radius 2 is 2.00 bits per heavy atom. The maximum Gasteiger partial charge on any atom is 0.248 e. The Kier molecular flexibility index (Phi) is 8.07. The molecule has 4 heterocycles. The molecule has 0 spiro atoms. The van der Waals surface area contributed by atoms with E-state index >= 15 is 0 Å². The monoisotopic (exact) mass is 540 g/mol. The summed E-state index contributed by atoms with van der Waals surface area (Å²) < 4.78 is 28.5. The maximum atomic E-state index is 12.8. The zero-order chi connectivity index (χ0) is 27.4. The number of nitrogens with zero attached hydrogens (tertiary/aromatic N) is 7. The first-order valence-electron chi connectivity index (χ1n) is 12.4. The van der Waals surface area contributed by atoms with Crippen LogP contribution in [-0.2, 0) is 21.1 Å². The van der Waals surface area contributed by atoms with Crippen LogP contribution in [0.1, 0.15) is 38.8 Å². The number of hydrogen-bond acceptors (Lipinski definition) is 9. The smallest absolute Gasteiger partial charge is 0.248 e. The van der Waals surface area contributed by atoms with Crippen LogP contribution in [0.3, 0.4) is 0 Å². The number of hydrogen-bond donors (Lipinski definition) is 2. The number of sulfone groups is 1. The average Bonchev–Trinajstić information content (AvgIpc) is 3.58. The Hall–Kier alpha value is -3.84. The van der Waals surface area contributed by atoms with E-state index < -0.39 is 16.4 Å². The Morgan fingerprint density at radius 1 is 1.21 bits per heavy atom. The fourth-order valence-corrected chi connectivity index (χ4v) is 5.68. The van der Waals surface area contributed by atoms with Gasteiger partial charge in [-0.2, -0.15) is 14.7 Å². The van der Waals surface area contributed by atoms with E-state index in [-0.39, 0.29) is 29.1 Å². The van der Waals surface area contributed by atoms with Gasteiger partial charge in [-0.3, -0.25) is 4.79 Å². The molecular formula is C25H32N8O4S. The van der Waals surface area contributed by atoms with E-state index in [1.165, 1.54) is 4.52 Å². The molecule has 12 nitrogen and oxygen atoms in total. The number of carbonyl (C=O) groups is 1. The van der Waals surface area contributed by atoms with Gasteiger partial charge in [0.05, 0.1) is 11.9 Å². The number of carbonyl (C=O) groups excluding carboxylic acids is 1. The lowest BCUT2D eigenvalue weighted by molar-refractivity contribution is -0.136. The predicted molar refractivity (Wildman–Crippen MR) is 142 cm³/mol. The molecule has 0 radical (unpaired) electrons. The van der Waals surface area contributed by atoms with Crippen LogP contribution in [0, 0.1) is 0 Å². The third-order valence-electron chi connectivity index (χ3n) is 6.42. The van der Waals surface area contributed by atoms with E-state index in [0.717, 1.165) is 18.2 Å². The van der Waals surface area contributed by atoms with Crippen LogP contribution in [-0.4, -0.2) is 79.1 Å². The third-order valence-corrected chi connectivity index (χ3v) is 7.61. The van der Waals surface area contributed by atoms with Crippen LogP contribution in [0.15, 0.2) is 47.9 Å². The summed E-state index contributed by atoms with van der Waals surface area (Å²) in [4.78, 5) is 23.1. The summed E-state index contributed by atoms with van der Waals surface area (Å²) in [5.41, 5.74) is 8.45. The largest absolute Gasteiger partial charge is 0.387 e. The second kappa shape index (κ2) is 11.3. The number of nitrogens with two attached hydrogens (primary N) is 1. The van der Waals surface area contributed by atoms with Gasteiger partial charge >= 0.3 is 0 Å². The number of aryl methyl sites for hydroxylation is 1. The summed E-state index contributed by atoms with van der Waals surface area (Å²) in [5, 5.41) is 17.9. The summed E-state index contributed by atoms with van der Waals surface area (Å²) in [5.74, 6) is 0.265. The molecule has 1 amide bonds. The van der Waals surface area contributed by atoms with E-state index in [9.17, 15) is 18.3 Å². The van der Waals surface area contributed by atoms with Crippen LogP contribution < -0.4 is 5.73 Å². The number of rotatable bonds is 11. The van der Waals surface area contributed by atoms with Crippen molar-refractivity contribution in [2.45, 2.75) is 50.5 Å². The molecule has 4 rings (SSSR count). The molecule has 4 aromatic rings. The number of fused-ring (bicyclic) bond motifs is 1. The zero-order valence-electron chi connectivity index (χ0n) is 21.6. The van der Waals surface area contributed by atoms with Crippen LogP contribution in [0.4, 0.5) is 5.82 Å². The van der Waals surface area contributed by atoms with E-state index in [4.69, 9.17) is 10.7 Å². The molecule has 3 N–H and O–H groups in total. The van der Waals surface area contributed by atoms with Gasteiger partial charge in [-0.25, -0.2) is 23.1 Å². The van der Waals surface area contributed by atoms with Crippen molar-refractivity contribution in [3.63, 3.8) is 0 Å². The van der Waals surface area contributed by atoms with Gasteiger partial charge in [-0.15, -0.1) is 0 Å². The normalized spacial score (nSPS) is 12.6. The lowest BCUT2D eigenvalue weighted by Crippen LogP contribution is -2.42. The molecule has 0 aliphatic rings. The van der Waals surface area contributed by atoms with Gasteiger partial charge in [0.15, 0.2) is 21.3 Å². The number of nitrogen functional groups attached to an aromatic ring is 1. The first-order valence-corrected chi connectivity index (χ1v) is 14.3. The summed E-state index contributed by atoms with van der Waals surface area (Å²) in [6.45, 7) is 3.84. The van der Waals surface area contributed by atoms with Crippen molar-refractivity contribution < 1.29 is 18.3 Å². The first-order chi connectivity index (χ1) is 18.2. The van der Waals surface area contributed by atoms with Crippen molar-refractivity contribution in [1.29, 1.82) is 0 Å². The first kappa shape index (κ1) is 27.2. The van der Waals surface area contributed by atoms with Crippen molar-refractivity contribution in [3.05, 3.63) is 48.7 Å². The molecule has 1 atom stereocenters. The lowest BCUT2D eigenvalue weighted by atomic mass is 10.0. The SMILES string of the molecule is CCCN(C(=O)CO)[C@H](CC)CCc1nc2c(-c3ccc(-n4cccn4)nc3)cnn2c(N)c1S(C)(=O)=O. The van der Waals surface area contributed by atoms with Crippen LogP contribution >= 0.6 is 0 Å². The standard InChI is InChI=1S/C25H32N8O4S/c1-4-12-31(22(35)16-34)18(5-2)8-9-20-23(38(3,36)37)24(26)33-25(30-20)19(15-29-33)17-7-10-21(27-14-17)32-13-6-11-28-32/h6-7,10-11,13-15,18,34H,4-5,8-9,12,16,26H2,1-3H3/t18-/m1/s1. The van der Waals surface area contributed by atoms with Gasteiger partial charge in [0.25, 0.3) is 0 Å². The van der Waals surface area contributed by atoms with E-state index in [2.05, 4.69) is 15.2 Å². The minimum atomic E-state index is -3.74. The highest BCUT2D eigenvalue weighted by Crippen LogP contribution is 2.30. The molecule has 0 fully saturated rings. The fourth-order valence-electron chi connectivity index (χ4n) is 4.64. The van der Waals surface area contributed by atoms with Crippen LogP contribution in [0.5, 0.6) is 0 Å². The molecule has 4 aromatic heterocycles. The predicted octanol–water partition coefficient (Wildman–Crippen LogP) is 1.90. The third kappa shape index (κ3) is 5.38. The van der Waals surface area contributed by atoms with Crippen molar-refractivity contribution in [3.8, 4) is 16.9 Å². The molecule has 0 aliphatic heterocycles. The second-order valence-corrected chi connectivity index (χ2v) is 11.0. The summed E-state index contributed by atoms with van der Waals surface area (Å²) >= 11 is 0.